The lowest BCUT2D eigenvalue weighted by Crippen LogP contribution is -2.34. The molecule has 0 aliphatic carbocycles. The van der Waals surface area contributed by atoms with Gasteiger partial charge in [-0.2, -0.15) is 5.26 Å². The molecule has 0 saturated carbocycles. The SMILES string of the molecule is CC(C)C(C#N)C(=O)N(C)c1cccc(F)c1. The summed E-state index contributed by atoms with van der Waals surface area (Å²) in [6, 6.07) is 7.73. The summed E-state index contributed by atoms with van der Waals surface area (Å²) in [4.78, 5) is 13.3. The van der Waals surface area contributed by atoms with E-state index in [1.165, 1.54) is 23.1 Å². The van der Waals surface area contributed by atoms with E-state index in [9.17, 15) is 9.18 Å². The molecule has 1 aromatic rings. The number of halogens is 1. The van der Waals surface area contributed by atoms with E-state index < -0.39 is 11.7 Å². The van der Waals surface area contributed by atoms with Gasteiger partial charge < -0.3 is 4.90 Å². The second-order valence-electron chi connectivity index (χ2n) is 4.23. The molecule has 1 rings (SSSR count). The Balaban J connectivity index is 2.94. The maximum Gasteiger partial charge on any atom is 0.244 e. The van der Waals surface area contributed by atoms with Crippen LogP contribution in [0.25, 0.3) is 0 Å². The quantitative estimate of drug-likeness (QED) is 0.806. The van der Waals surface area contributed by atoms with Gasteiger partial charge in [0, 0.05) is 12.7 Å². The normalized spacial score (nSPS) is 12.0. The average molecular weight is 234 g/mol. The zero-order valence-electron chi connectivity index (χ0n) is 10.1. The highest BCUT2D eigenvalue weighted by atomic mass is 19.1. The lowest BCUT2D eigenvalue weighted by atomic mass is 9.96. The van der Waals surface area contributed by atoms with Crippen molar-refractivity contribution in [2.24, 2.45) is 11.8 Å². The van der Waals surface area contributed by atoms with Gasteiger partial charge in [0.15, 0.2) is 0 Å². The number of rotatable bonds is 3. The van der Waals surface area contributed by atoms with Gasteiger partial charge in [-0.25, -0.2) is 4.39 Å². The van der Waals surface area contributed by atoms with E-state index in [0.717, 1.165) is 0 Å². The van der Waals surface area contributed by atoms with E-state index in [1.54, 1.807) is 13.1 Å². The van der Waals surface area contributed by atoms with Gasteiger partial charge in [0.1, 0.15) is 11.7 Å². The molecule has 4 heteroatoms. The molecule has 3 nitrogen and oxygen atoms in total. The van der Waals surface area contributed by atoms with Crippen LogP contribution in [0.4, 0.5) is 10.1 Å². The van der Waals surface area contributed by atoms with Crippen LogP contribution < -0.4 is 4.90 Å². The Labute approximate surface area is 100 Å². The van der Waals surface area contributed by atoms with Crippen molar-refractivity contribution in [2.45, 2.75) is 13.8 Å². The summed E-state index contributed by atoms with van der Waals surface area (Å²) in [5.41, 5.74) is 0.455. The van der Waals surface area contributed by atoms with Crippen LogP contribution in [0.1, 0.15) is 13.8 Å². The average Bonchev–Trinajstić information content (AvgIpc) is 2.28. The van der Waals surface area contributed by atoms with Gasteiger partial charge in [-0.1, -0.05) is 19.9 Å². The van der Waals surface area contributed by atoms with Crippen molar-refractivity contribution in [1.82, 2.24) is 0 Å². The summed E-state index contributed by atoms with van der Waals surface area (Å²) in [7, 11) is 1.55. The van der Waals surface area contributed by atoms with E-state index in [4.69, 9.17) is 5.26 Å². The Bertz CT molecular complexity index is 451. The minimum atomic E-state index is -0.705. The number of nitriles is 1. The van der Waals surface area contributed by atoms with Gasteiger partial charge in [-0.05, 0) is 24.1 Å². The van der Waals surface area contributed by atoms with Crippen molar-refractivity contribution in [3.05, 3.63) is 30.1 Å². The summed E-state index contributed by atoms with van der Waals surface area (Å²) < 4.78 is 13.0. The molecule has 0 heterocycles. The summed E-state index contributed by atoms with van der Waals surface area (Å²) in [6.07, 6.45) is 0. The molecule has 17 heavy (non-hydrogen) atoms. The number of hydrogen-bond acceptors (Lipinski definition) is 2. The van der Waals surface area contributed by atoms with E-state index in [0.29, 0.717) is 5.69 Å². The Morgan fingerprint density at radius 1 is 1.47 bits per heavy atom. The van der Waals surface area contributed by atoms with Crippen LogP contribution in [-0.2, 0) is 4.79 Å². The molecule has 0 bridgehead atoms. The standard InChI is InChI=1S/C13H15FN2O/c1-9(2)12(8-15)13(17)16(3)11-6-4-5-10(14)7-11/h4-7,9,12H,1-3H3. The maximum atomic E-state index is 13.0. The zero-order chi connectivity index (χ0) is 13.0. The highest BCUT2D eigenvalue weighted by Crippen LogP contribution is 2.19. The van der Waals surface area contributed by atoms with E-state index in [-0.39, 0.29) is 11.8 Å². The molecule has 0 spiro atoms. The Kier molecular flexibility index (Phi) is 4.22. The monoisotopic (exact) mass is 234 g/mol. The number of amides is 1. The summed E-state index contributed by atoms with van der Waals surface area (Å²) in [6.45, 7) is 3.62. The van der Waals surface area contributed by atoms with Crippen molar-refractivity contribution < 1.29 is 9.18 Å². The third-order valence-electron chi connectivity index (χ3n) is 2.60. The smallest absolute Gasteiger partial charge is 0.244 e. The number of nitrogens with zero attached hydrogens (tertiary/aromatic N) is 2. The molecule has 1 amide bonds. The summed E-state index contributed by atoms with van der Waals surface area (Å²) in [5.74, 6) is -1.49. The molecule has 0 radical (unpaired) electrons. The highest BCUT2D eigenvalue weighted by Gasteiger charge is 2.25. The Morgan fingerprint density at radius 2 is 2.12 bits per heavy atom. The minimum absolute atomic E-state index is 0.0662. The van der Waals surface area contributed by atoms with Gasteiger partial charge in [-0.15, -0.1) is 0 Å². The largest absolute Gasteiger partial charge is 0.314 e. The van der Waals surface area contributed by atoms with Crippen LogP contribution in [0.2, 0.25) is 0 Å². The number of anilines is 1. The fourth-order valence-corrected chi connectivity index (χ4v) is 1.51. The molecule has 0 aliphatic heterocycles. The van der Waals surface area contributed by atoms with Crippen molar-refractivity contribution in [3.63, 3.8) is 0 Å². The number of carbonyl (C=O) groups is 1. The summed E-state index contributed by atoms with van der Waals surface area (Å²) in [5, 5.41) is 8.95. The predicted octanol–water partition coefficient (Wildman–Crippen LogP) is 2.58. The van der Waals surface area contributed by atoms with Crippen molar-refractivity contribution in [2.75, 3.05) is 11.9 Å². The Hall–Kier alpha value is -1.89. The topological polar surface area (TPSA) is 44.1 Å². The number of hydrogen-bond donors (Lipinski definition) is 0. The number of benzene rings is 1. The molecule has 0 fully saturated rings. The second kappa shape index (κ2) is 5.44. The first-order valence-corrected chi connectivity index (χ1v) is 5.40. The van der Waals surface area contributed by atoms with Crippen LogP contribution in [0.3, 0.4) is 0 Å². The zero-order valence-corrected chi connectivity index (χ0v) is 10.1. The molecule has 1 atom stereocenters. The van der Waals surface area contributed by atoms with Crippen LogP contribution in [0.15, 0.2) is 24.3 Å². The third kappa shape index (κ3) is 3.04. The van der Waals surface area contributed by atoms with Gasteiger partial charge in [0.2, 0.25) is 5.91 Å². The first-order chi connectivity index (χ1) is 7.97. The summed E-state index contributed by atoms with van der Waals surface area (Å²) >= 11 is 0. The van der Waals surface area contributed by atoms with Crippen LogP contribution in [-0.4, -0.2) is 13.0 Å². The lowest BCUT2D eigenvalue weighted by molar-refractivity contribution is -0.121. The van der Waals surface area contributed by atoms with Crippen LogP contribution in [0.5, 0.6) is 0 Å². The lowest BCUT2D eigenvalue weighted by Gasteiger charge is -2.22. The molecule has 0 aromatic heterocycles. The first-order valence-electron chi connectivity index (χ1n) is 5.40. The van der Waals surface area contributed by atoms with E-state index >= 15 is 0 Å². The van der Waals surface area contributed by atoms with Crippen molar-refractivity contribution >= 4 is 11.6 Å². The van der Waals surface area contributed by atoms with Crippen molar-refractivity contribution in [3.8, 4) is 6.07 Å². The van der Waals surface area contributed by atoms with Crippen molar-refractivity contribution in [1.29, 1.82) is 5.26 Å². The molecule has 1 unspecified atom stereocenters. The van der Waals surface area contributed by atoms with E-state index in [1.807, 2.05) is 19.9 Å². The number of carbonyl (C=O) groups excluding carboxylic acids is 1. The molecule has 90 valence electrons. The molecule has 0 saturated heterocycles. The fraction of sp³-hybridized carbons (Fsp3) is 0.385. The second-order valence-corrected chi connectivity index (χ2v) is 4.23. The fourth-order valence-electron chi connectivity index (χ4n) is 1.51. The predicted molar refractivity (Wildman–Crippen MR) is 63.8 cm³/mol. The maximum absolute atomic E-state index is 13.0. The van der Waals surface area contributed by atoms with E-state index in [2.05, 4.69) is 0 Å². The molecule has 1 aromatic carbocycles. The van der Waals surface area contributed by atoms with Crippen LogP contribution >= 0.6 is 0 Å². The molecule has 0 N–H and O–H groups in total. The van der Waals surface area contributed by atoms with Gasteiger partial charge >= 0.3 is 0 Å². The van der Waals surface area contributed by atoms with Gasteiger partial charge in [-0.3, -0.25) is 4.79 Å². The first kappa shape index (κ1) is 13.2. The molecular formula is C13H15FN2O. The van der Waals surface area contributed by atoms with Crippen LogP contribution in [0, 0.1) is 29.0 Å². The van der Waals surface area contributed by atoms with Gasteiger partial charge in [0.05, 0.1) is 6.07 Å². The molecular weight excluding hydrogens is 219 g/mol. The highest BCUT2D eigenvalue weighted by molar-refractivity contribution is 5.96. The third-order valence-corrected chi connectivity index (χ3v) is 2.60. The Morgan fingerprint density at radius 3 is 2.59 bits per heavy atom. The minimum Gasteiger partial charge on any atom is -0.314 e. The van der Waals surface area contributed by atoms with Gasteiger partial charge in [0.25, 0.3) is 0 Å². The molecule has 0 aliphatic rings.